The molecule has 1 aromatic carbocycles. The molecule has 1 aliphatic rings. The third-order valence-electron chi connectivity index (χ3n) is 3.14. The van der Waals surface area contributed by atoms with E-state index in [0.717, 1.165) is 42.3 Å². The van der Waals surface area contributed by atoms with Crippen molar-refractivity contribution in [2.75, 3.05) is 18.7 Å². The lowest BCUT2D eigenvalue weighted by molar-refractivity contribution is 0.174. The van der Waals surface area contributed by atoms with Crippen LogP contribution in [0.3, 0.4) is 0 Å². The van der Waals surface area contributed by atoms with Gasteiger partial charge in [0.1, 0.15) is 0 Å². The summed E-state index contributed by atoms with van der Waals surface area (Å²) in [5.74, 6) is 2.29. The van der Waals surface area contributed by atoms with E-state index >= 15 is 0 Å². The van der Waals surface area contributed by atoms with Gasteiger partial charge in [-0.3, -0.25) is 0 Å². The topological polar surface area (TPSA) is 68.3 Å². The number of hydrogen-bond donors (Lipinski definition) is 2. The van der Waals surface area contributed by atoms with E-state index in [9.17, 15) is 0 Å². The number of nitrogens with one attached hydrogen (secondary N) is 2. The standard InChI is InChI=1S/C15H18N4O2/c1-2-17-15-18-8-12(9-19-15)7-16-6-11-3-4-13-14(5-11)21-10-20-13/h3-5,8-9,16H,2,6-7,10H2,1H3,(H,17,18,19). The number of aromatic nitrogens is 2. The van der Waals surface area contributed by atoms with Gasteiger partial charge in [-0.1, -0.05) is 6.07 Å². The van der Waals surface area contributed by atoms with Crippen LogP contribution in [0.5, 0.6) is 11.5 Å². The zero-order valence-electron chi connectivity index (χ0n) is 11.9. The molecule has 0 radical (unpaired) electrons. The molecule has 0 saturated carbocycles. The molecule has 110 valence electrons. The summed E-state index contributed by atoms with van der Waals surface area (Å²) in [6, 6.07) is 5.97. The molecule has 0 aliphatic carbocycles. The lowest BCUT2D eigenvalue weighted by Gasteiger charge is -2.06. The first kappa shape index (κ1) is 13.6. The number of hydrogen-bond acceptors (Lipinski definition) is 6. The second-order valence-corrected chi connectivity index (χ2v) is 4.74. The molecule has 0 amide bonds. The van der Waals surface area contributed by atoms with Crippen LogP contribution in [-0.2, 0) is 13.1 Å². The Morgan fingerprint density at radius 3 is 2.62 bits per heavy atom. The SMILES string of the molecule is CCNc1ncc(CNCc2ccc3c(c2)OCO3)cn1. The van der Waals surface area contributed by atoms with Gasteiger partial charge in [-0.05, 0) is 24.6 Å². The first-order chi connectivity index (χ1) is 10.3. The molecule has 2 N–H and O–H groups in total. The maximum Gasteiger partial charge on any atom is 0.231 e. The van der Waals surface area contributed by atoms with Gasteiger partial charge in [0.25, 0.3) is 0 Å². The minimum Gasteiger partial charge on any atom is -0.454 e. The van der Waals surface area contributed by atoms with Gasteiger partial charge >= 0.3 is 0 Å². The first-order valence-electron chi connectivity index (χ1n) is 6.99. The fourth-order valence-electron chi connectivity index (χ4n) is 2.10. The van der Waals surface area contributed by atoms with E-state index in [1.807, 2.05) is 37.5 Å². The molecule has 0 atom stereocenters. The highest BCUT2D eigenvalue weighted by molar-refractivity contribution is 5.44. The van der Waals surface area contributed by atoms with Crippen molar-refractivity contribution in [2.45, 2.75) is 20.0 Å². The second-order valence-electron chi connectivity index (χ2n) is 4.74. The summed E-state index contributed by atoms with van der Waals surface area (Å²) in [4.78, 5) is 8.49. The van der Waals surface area contributed by atoms with Crippen LogP contribution in [0.1, 0.15) is 18.1 Å². The summed E-state index contributed by atoms with van der Waals surface area (Å²) in [6.45, 7) is 4.63. The highest BCUT2D eigenvalue weighted by atomic mass is 16.7. The zero-order chi connectivity index (χ0) is 14.5. The van der Waals surface area contributed by atoms with Crippen molar-refractivity contribution >= 4 is 5.95 Å². The minimum absolute atomic E-state index is 0.307. The summed E-state index contributed by atoms with van der Waals surface area (Å²) >= 11 is 0. The van der Waals surface area contributed by atoms with Crippen LogP contribution in [0.25, 0.3) is 0 Å². The highest BCUT2D eigenvalue weighted by Gasteiger charge is 2.12. The van der Waals surface area contributed by atoms with Crippen molar-refractivity contribution < 1.29 is 9.47 Å². The van der Waals surface area contributed by atoms with Gasteiger partial charge in [0, 0.05) is 37.6 Å². The Morgan fingerprint density at radius 2 is 1.81 bits per heavy atom. The smallest absolute Gasteiger partial charge is 0.231 e. The van der Waals surface area contributed by atoms with E-state index in [4.69, 9.17) is 9.47 Å². The third kappa shape index (κ3) is 3.41. The number of benzene rings is 1. The maximum atomic E-state index is 5.36. The van der Waals surface area contributed by atoms with Crippen LogP contribution in [-0.4, -0.2) is 23.3 Å². The van der Waals surface area contributed by atoms with Gasteiger partial charge in [-0.25, -0.2) is 9.97 Å². The van der Waals surface area contributed by atoms with Crippen LogP contribution in [0, 0.1) is 0 Å². The molecule has 3 rings (SSSR count). The monoisotopic (exact) mass is 286 g/mol. The quantitative estimate of drug-likeness (QED) is 0.845. The average Bonchev–Trinajstić information content (AvgIpc) is 2.97. The van der Waals surface area contributed by atoms with Crippen LogP contribution >= 0.6 is 0 Å². The Morgan fingerprint density at radius 1 is 1.05 bits per heavy atom. The number of anilines is 1. The molecule has 0 fully saturated rings. The second kappa shape index (κ2) is 6.41. The fourth-order valence-corrected chi connectivity index (χ4v) is 2.10. The minimum atomic E-state index is 0.307. The Balaban J connectivity index is 1.51. The first-order valence-corrected chi connectivity index (χ1v) is 6.99. The van der Waals surface area contributed by atoms with E-state index in [0.29, 0.717) is 12.7 Å². The van der Waals surface area contributed by atoms with Crippen molar-refractivity contribution in [3.63, 3.8) is 0 Å². The number of fused-ring (bicyclic) bond motifs is 1. The third-order valence-corrected chi connectivity index (χ3v) is 3.14. The van der Waals surface area contributed by atoms with Crippen LogP contribution in [0.2, 0.25) is 0 Å². The molecule has 0 saturated heterocycles. The summed E-state index contributed by atoms with van der Waals surface area (Å²) in [5.41, 5.74) is 2.21. The molecule has 0 bridgehead atoms. The predicted molar refractivity (Wildman–Crippen MR) is 79.3 cm³/mol. The molecule has 2 heterocycles. The summed E-state index contributed by atoms with van der Waals surface area (Å²) in [5, 5.41) is 6.44. The Hall–Kier alpha value is -2.34. The highest BCUT2D eigenvalue weighted by Crippen LogP contribution is 2.32. The van der Waals surface area contributed by atoms with Gasteiger partial charge < -0.3 is 20.1 Å². The molecule has 0 unspecified atom stereocenters. The maximum absolute atomic E-state index is 5.36. The van der Waals surface area contributed by atoms with Gasteiger partial charge in [0.15, 0.2) is 11.5 Å². The normalized spacial score (nSPS) is 12.4. The molecule has 21 heavy (non-hydrogen) atoms. The largest absolute Gasteiger partial charge is 0.454 e. The molecule has 0 spiro atoms. The van der Waals surface area contributed by atoms with Crippen molar-refractivity contribution in [2.24, 2.45) is 0 Å². The Kier molecular flexibility index (Phi) is 4.16. The summed E-state index contributed by atoms with van der Waals surface area (Å²) in [7, 11) is 0. The van der Waals surface area contributed by atoms with Crippen LogP contribution < -0.4 is 20.1 Å². The van der Waals surface area contributed by atoms with Crippen molar-refractivity contribution in [1.29, 1.82) is 0 Å². The van der Waals surface area contributed by atoms with E-state index in [1.54, 1.807) is 0 Å². The van der Waals surface area contributed by atoms with E-state index in [1.165, 1.54) is 0 Å². The molecular weight excluding hydrogens is 268 g/mol. The Labute approximate surface area is 123 Å². The fraction of sp³-hybridized carbons (Fsp3) is 0.333. The molecule has 1 aliphatic heterocycles. The number of ether oxygens (including phenoxy) is 2. The summed E-state index contributed by atoms with van der Waals surface area (Å²) in [6.07, 6.45) is 3.66. The van der Waals surface area contributed by atoms with Gasteiger partial charge in [0.05, 0.1) is 0 Å². The number of rotatable bonds is 6. The predicted octanol–water partition coefficient (Wildman–Crippen LogP) is 1.93. The van der Waals surface area contributed by atoms with Crippen LogP contribution in [0.4, 0.5) is 5.95 Å². The lowest BCUT2D eigenvalue weighted by Crippen LogP contribution is -2.13. The van der Waals surface area contributed by atoms with E-state index < -0.39 is 0 Å². The molecule has 6 nitrogen and oxygen atoms in total. The van der Waals surface area contributed by atoms with Gasteiger partial charge in [-0.15, -0.1) is 0 Å². The molecule has 1 aromatic heterocycles. The van der Waals surface area contributed by atoms with Gasteiger partial charge in [0.2, 0.25) is 12.7 Å². The molecule has 6 heteroatoms. The zero-order valence-corrected chi connectivity index (χ0v) is 11.9. The summed E-state index contributed by atoms with van der Waals surface area (Å²) < 4.78 is 10.7. The van der Waals surface area contributed by atoms with E-state index in [-0.39, 0.29) is 0 Å². The Bertz CT molecular complexity index is 601. The van der Waals surface area contributed by atoms with Crippen molar-refractivity contribution in [3.05, 3.63) is 41.7 Å². The molecular formula is C15H18N4O2. The number of nitrogens with zero attached hydrogens (tertiary/aromatic N) is 2. The van der Waals surface area contributed by atoms with Gasteiger partial charge in [-0.2, -0.15) is 0 Å². The van der Waals surface area contributed by atoms with Crippen LogP contribution in [0.15, 0.2) is 30.6 Å². The average molecular weight is 286 g/mol. The van der Waals surface area contributed by atoms with E-state index in [2.05, 4.69) is 20.6 Å². The van der Waals surface area contributed by atoms with Crippen molar-refractivity contribution in [1.82, 2.24) is 15.3 Å². The van der Waals surface area contributed by atoms with Crippen molar-refractivity contribution in [3.8, 4) is 11.5 Å². The molecule has 2 aromatic rings. The lowest BCUT2D eigenvalue weighted by atomic mass is 10.2.